The molecule has 4 aromatic heterocycles. The monoisotopic (exact) mass is 570 g/mol. The van der Waals surface area contributed by atoms with E-state index in [0.29, 0.717) is 40.4 Å². The van der Waals surface area contributed by atoms with Crippen molar-refractivity contribution in [2.24, 2.45) is 5.92 Å². The zero-order valence-electron chi connectivity index (χ0n) is 23.5. The molecule has 42 heavy (non-hydrogen) atoms. The third-order valence-corrected chi connectivity index (χ3v) is 8.67. The Morgan fingerprint density at radius 1 is 1.19 bits per heavy atom. The van der Waals surface area contributed by atoms with Crippen molar-refractivity contribution in [3.63, 3.8) is 0 Å². The van der Waals surface area contributed by atoms with E-state index in [9.17, 15) is 19.1 Å². The number of pyridine rings is 3. The van der Waals surface area contributed by atoms with Crippen LogP contribution in [0.1, 0.15) is 23.7 Å². The third-order valence-electron chi connectivity index (χ3n) is 8.67. The maximum absolute atomic E-state index is 14.9. The van der Waals surface area contributed by atoms with Gasteiger partial charge in [0, 0.05) is 74.4 Å². The number of aromatic nitrogens is 4. The molecule has 0 amide bonds. The van der Waals surface area contributed by atoms with Gasteiger partial charge >= 0.3 is 5.97 Å². The summed E-state index contributed by atoms with van der Waals surface area (Å²) in [4.78, 5) is 42.8. The number of carbonyl (C=O) groups is 1. The molecular formula is C30H31FN8O3. The zero-order chi connectivity index (χ0) is 29.3. The molecule has 5 aromatic rings. The van der Waals surface area contributed by atoms with E-state index < -0.39 is 11.4 Å². The van der Waals surface area contributed by atoms with Gasteiger partial charge in [0.15, 0.2) is 5.65 Å². The SMILES string of the molecule is CCNn1cc(C(=O)O)c(=O)c2cc(-c3cnc4[nH]c5c(NC)cc(F)cc5c4c3N3CCC4CN(C)C[C@H]43)cnc21. The van der Waals surface area contributed by atoms with E-state index in [1.54, 1.807) is 25.5 Å². The molecule has 6 heterocycles. The maximum atomic E-state index is 14.9. The number of fused-ring (bicyclic) bond motifs is 5. The van der Waals surface area contributed by atoms with Gasteiger partial charge in [-0.2, -0.15) is 0 Å². The van der Waals surface area contributed by atoms with E-state index in [0.717, 1.165) is 48.2 Å². The first-order chi connectivity index (χ1) is 20.3. The molecule has 2 fully saturated rings. The smallest absolute Gasteiger partial charge is 0.341 e. The Morgan fingerprint density at radius 3 is 2.79 bits per heavy atom. The second-order valence-electron chi connectivity index (χ2n) is 11.2. The molecule has 2 saturated heterocycles. The van der Waals surface area contributed by atoms with Crippen molar-refractivity contribution in [3.8, 4) is 11.1 Å². The summed E-state index contributed by atoms with van der Waals surface area (Å²) >= 11 is 0. The number of benzene rings is 1. The highest BCUT2D eigenvalue weighted by Gasteiger charge is 2.41. The lowest BCUT2D eigenvalue weighted by molar-refractivity contribution is 0.0695. The van der Waals surface area contributed by atoms with Gasteiger partial charge in [-0.25, -0.2) is 23.8 Å². The number of nitrogens with one attached hydrogen (secondary N) is 3. The molecule has 4 N–H and O–H groups in total. The minimum Gasteiger partial charge on any atom is -0.477 e. The number of likely N-dealkylation sites (tertiary alicyclic amines) is 1. The number of hydrogen-bond acceptors (Lipinski definition) is 8. The summed E-state index contributed by atoms with van der Waals surface area (Å²) in [6.07, 6.45) is 5.75. The number of anilines is 2. The molecule has 2 aliphatic heterocycles. The number of carboxylic acid groups (broad SMARTS) is 1. The van der Waals surface area contributed by atoms with Crippen molar-refractivity contribution in [3.05, 3.63) is 58.4 Å². The van der Waals surface area contributed by atoms with E-state index in [2.05, 4.69) is 37.6 Å². The van der Waals surface area contributed by atoms with Gasteiger partial charge in [-0.1, -0.05) is 0 Å². The van der Waals surface area contributed by atoms with Crippen molar-refractivity contribution < 1.29 is 14.3 Å². The molecule has 1 unspecified atom stereocenters. The van der Waals surface area contributed by atoms with Gasteiger partial charge in [0.1, 0.15) is 17.0 Å². The van der Waals surface area contributed by atoms with Crippen molar-refractivity contribution >= 4 is 50.3 Å². The maximum Gasteiger partial charge on any atom is 0.341 e. The highest BCUT2D eigenvalue weighted by Crippen LogP contribution is 2.46. The first-order valence-corrected chi connectivity index (χ1v) is 14.1. The van der Waals surface area contributed by atoms with Gasteiger partial charge in [-0.3, -0.25) is 4.79 Å². The molecule has 0 radical (unpaired) electrons. The number of nitrogens with zero attached hydrogens (tertiary/aromatic N) is 5. The number of likely N-dealkylation sites (N-methyl/N-ethyl adjacent to an activating group) is 1. The van der Waals surface area contributed by atoms with Crippen LogP contribution < -0.4 is 21.1 Å². The summed E-state index contributed by atoms with van der Waals surface area (Å²) in [5, 5.41) is 14.5. The third kappa shape index (κ3) is 3.89. The van der Waals surface area contributed by atoms with Crippen LogP contribution in [-0.4, -0.2) is 81.9 Å². The topological polar surface area (TPSA) is 131 Å². The highest BCUT2D eigenvalue weighted by atomic mass is 19.1. The number of hydrogen-bond donors (Lipinski definition) is 4. The Labute approximate surface area is 239 Å². The highest BCUT2D eigenvalue weighted by molar-refractivity contribution is 6.18. The van der Waals surface area contributed by atoms with Gasteiger partial charge in [0.2, 0.25) is 5.43 Å². The minimum atomic E-state index is -1.31. The fourth-order valence-electron chi connectivity index (χ4n) is 6.87. The molecule has 1 aromatic carbocycles. The molecule has 0 aliphatic carbocycles. The lowest BCUT2D eigenvalue weighted by Gasteiger charge is -2.29. The minimum absolute atomic E-state index is 0.182. The molecule has 11 nitrogen and oxygen atoms in total. The molecule has 12 heteroatoms. The predicted molar refractivity (Wildman–Crippen MR) is 162 cm³/mol. The second-order valence-corrected chi connectivity index (χ2v) is 11.2. The number of H-pyrrole nitrogens is 1. The largest absolute Gasteiger partial charge is 0.477 e. The normalized spacial score (nSPS) is 18.8. The fraction of sp³-hybridized carbons (Fsp3) is 0.333. The van der Waals surface area contributed by atoms with Gasteiger partial charge in [-0.05, 0) is 44.5 Å². The summed E-state index contributed by atoms with van der Waals surface area (Å²) < 4.78 is 16.4. The molecule has 2 aliphatic rings. The predicted octanol–water partition coefficient (Wildman–Crippen LogP) is 3.68. The van der Waals surface area contributed by atoms with Crippen molar-refractivity contribution in [1.29, 1.82) is 0 Å². The first-order valence-electron chi connectivity index (χ1n) is 14.1. The van der Waals surface area contributed by atoms with Crippen LogP contribution in [0.5, 0.6) is 0 Å². The van der Waals surface area contributed by atoms with E-state index in [4.69, 9.17) is 4.98 Å². The second kappa shape index (κ2) is 9.69. The number of halogens is 1. The Morgan fingerprint density at radius 2 is 2.02 bits per heavy atom. The summed E-state index contributed by atoms with van der Waals surface area (Å²) in [6, 6.07) is 4.95. The van der Waals surface area contributed by atoms with Crippen LogP contribution in [0.25, 0.3) is 44.1 Å². The van der Waals surface area contributed by atoms with Crippen LogP contribution >= 0.6 is 0 Å². The van der Waals surface area contributed by atoms with Crippen LogP contribution in [0.4, 0.5) is 15.8 Å². The van der Waals surface area contributed by atoms with Crippen LogP contribution in [0.2, 0.25) is 0 Å². The van der Waals surface area contributed by atoms with Crippen molar-refractivity contribution in [2.45, 2.75) is 19.4 Å². The van der Waals surface area contributed by atoms with Crippen LogP contribution in [0.3, 0.4) is 0 Å². The van der Waals surface area contributed by atoms with Crippen LogP contribution in [0.15, 0.2) is 41.6 Å². The molecule has 0 saturated carbocycles. The Hall–Kier alpha value is -4.71. The van der Waals surface area contributed by atoms with Crippen molar-refractivity contribution in [1.82, 2.24) is 24.5 Å². The number of aromatic carboxylic acids is 1. The lowest BCUT2D eigenvalue weighted by Crippen LogP contribution is -2.35. The molecule has 2 atom stereocenters. The van der Waals surface area contributed by atoms with E-state index in [1.807, 2.05) is 6.92 Å². The van der Waals surface area contributed by atoms with Crippen molar-refractivity contribution in [2.75, 3.05) is 55.9 Å². The van der Waals surface area contributed by atoms with E-state index in [1.165, 1.54) is 23.0 Å². The molecule has 216 valence electrons. The van der Waals surface area contributed by atoms with Gasteiger partial charge < -0.3 is 30.6 Å². The average Bonchev–Trinajstić information content (AvgIpc) is 3.65. The Balaban J connectivity index is 1.54. The summed E-state index contributed by atoms with van der Waals surface area (Å²) in [6.45, 7) is 5.12. The summed E-state index contributed by atoms with van der Waals surface area (Å²) in [5.74, 6) is -1.17. The summed E-state index contributed by atoms with van der Waals surface area (Å²) in [7, 11) is 3.88. The quantitative estimate of drug-likeness (QED) is 0.241. The number of rotatable bonds is 6. The zero-order valence-corrected chi connectivity index (χ0v) is 23.5. The van der Waals surface area contributed by atoms with Gasteiger partial charge in [-0.15, -0.1) is 0 Å². The Bertz CT molecular complexity index is 1970. The fourth-order valence-corrected chi connectivity index (χ4v) is 6.87. The van der Waals surface area contributed by atoms with E-state index in [-0.39, 0.29) is 22.8 Å². The molecular weight excluding hydrogens is 539 g/mol. The standard InChI is InChI=1S/C30H31FN8O3/c1-4-35-39-13-21(30(41)42)27(40)19-7-16(10-34-29(19)39)20-11-33-28-24(18-8-17(31)9-22(32-2)25(18)36-28)26(20)38-6-5-15-12-37(3)14-23(15)38/h7-11,13,15,23,32,35H,4-6,12,14H2,1-3H3,(H,33,36)(H,41,42)/t15?,23-/m1/s1. The Kier molecular flexibility index (Phi) is 6.05. The number of carboxylic acids is 1. The molecule has 0 bridgehead atoms. The first kappa shape index (κ1) is 26.2. The van der Waals surface area contributed by atoms with Gasteiger partial charge in [0.25, 0.3) is 0 Å². The molecule has 0 spiro atoms. The van der Waals surface area contributed by atoms with Crippen LogP contribution in [0, 0.1) is 11.7 Å². The van der Waals surface area contributed by atoms with Gasteiger partial charge in [0.05, 0.1) is 27.7 Å². The average molecular weight is 571 g/mol. The van der Waals surface area contributed by atoms with Crippen LogP contribution in [-0.2, 0) is 0 Å². The molecule has 7 rings (SSSR count). The summed E-state index contributed by atoms with van der Waals surface area (Å²) in [5.41, 5.74) is 6.74. The van der Waals surface area contributed by atoms with E-state index >= 15 is 0 Å². The lowest BCUT2D eigenvalue weighted by atomic mass is 10.00. The number of aromatic amines is 1.